The molecule has 2 heterocycles. The van der Waals surface area contributed by atoms with Gasteiger partial charge in [-0.2, -0.15) is 0 Å². The van der Waals surface area contributed by atoms with Gasteiger partial charge in [-0.05, 0) is 29.8 Å². The number of halogens is 1. The highest BCUT2D eigenvalue weighted by atomic mass is 35.5. The van der Waals surface area contributed by atoms with Crippen molar-refractivity contribution in [1.82, 2.24) is 9.88 Å². The number of ether oxygens (including phenoxy) is 1. The lowest BCUT2D eigenvalue weighted by molar-refractivity contribution is -0.282. The number of alkyl halides is 1. The number of nitrogens with zero attached hydrogens (tertiary/aromatic N) is 3. The topological polar surface area (TPSA) is 85.8 Å². The standard InChI is InChI=1S/C27H24ClN3O4/c28-22(17-35-27(33)34)18-6-5-7-19(16-18)30-12-14-31(15-13-30)26(32)25-20-8-1-3-10-23(20)29-24-11-4-2-9-21(24)25/h1-11,16,22H,12-15,17H2,(H,33,34)/p-1. The van der Waals surface area contributed by atoms with Crippen molar-refractivity contribution in [2.45, 2.75) is 5.38 Å². The number of carbonyl (C=O) groups excluding carboxylic acids is 2. The first-order valence-electron chi connectivity index (χ1n) is 11.4. The molecule has 1 unspecified atom stereocenters. The van der Waals surface area contributed by atoms with Crippen molar-refractivity contribution in [1.29, 1.82) is 0 Å². The summed E-state index contributed by atoms with van der Waals surface area (Å²) in [6.45, 7) is 2.30. The van der Waals surface area contributed by atoms with Gasteiger partial charge in [0.15, 0.2) is 0 Å². The molecule has 1 atom stereocenters. The third-order valence-corrected chi connectivity index (χ3v) is 6.69. The van der Waals surface area contributed by atoms with Gasteiger partial charge in [-0.15, -0.1) is 11.6 Å². The third kappa shape index (κ3) is 4.72. The highest BCUT2D eigenvalue weighted by molar-refractivity contribution is 6.21. The summed E-state index contributed by atoms with van der Waals surface area (Å²) in [5, 5.41) is 11.7. The van der Waals surface area contributed by atoms with Gasteiger partial charge in [0.05, 0.1) is 22.0 Å². The lowest BCUT2D eigenvalue weighted by Crippen LogP contribution is -2.48. The first-order valence-corrected chi connectivity index (χ1v) is 11.8. The van der Waals surface area contributed by atoms with E-state index < -0.39 is 11.5 Å². The van der Waals surface area contributed by atoms with Crippen LogP contribution in [-0.4, -0.2) is 54.7 Å². The van der Waals surface area contributed by atoms with Crippen molar-refractivity contribution in [3.63, 3.8) is 0 Å². The lowest BCUT2D eigenvalue weighted by Gasteiger charge is -2.36. The van der Waals surface area contributed by atoms with Crippen LogP contribution < -0.4 is 10.0 Å². The maximum atomic E-state index is 13.7. The fraction of sp³-hybridized carbons (Fsp3) is 0.222. The number of fused-ring (bicyclic) bond motifs is 2. The zero-order valence-corrected chi connectivity index (χ0v) is 19.6. The highest BCUT2D eigenvalue weighted by Crippen LogP contribution is 2.29. The largest absolute Gasteiger partial charge is 0.548 e. The van der Waals surface area contributed by atoms with Crippen molar-refractivity contribution in [2.75, 3.05) is 37.7 Å². The van der Waals surface area contributed by atoms with Gasteiger partial charge in [-0.3, -0.25) is 4.79 Å². The Kier molecular flexibility index (Phi) is 6.42. The normalized spacial score (nSPS) is 14.8. The minimum Gasteiger partial charge on any atom is -0.548 e. The molecular formula is C27H23ClN3O4-. The number of rotatable bonds is 5. The van der Waals surface area contributed by atoms with Crippen LogP contribution in [0, 0.1) is 0 Å². The van der Waals surface area contributed by atoms with Gasteiger partial charge in [0.1, 0.15) is 0 Å². The van der Waals surface area contributed by atoms with E-state index >= 15 is 0 Å². The van der Waals surface area contributed by atoms with Crippen LogP contribution in [-0.2, 0) is 4.74 Å². The predicted octanol–water partition coefficient (Wildman–Crippen LogP) is 3.99. The van der Waals surface area contributed by atoms with Crippen molar-refractivity contribution in [2.24, 2.45) is 0 Å². The van der Waals surface area contributed by atoms with E-state index in [9.17, 15) is 14.7 Å². The Morgan fingerprint density at radius 3 is 2.17 bits per heavy atom. The lowest BCUT2D eigenvalue weighted by atomic mass is 10.0. The Morgan fingerprint density at radius 2 is 1.54 bits per heavy atom. The number of carbonyl (C=O) groups is 2. The van der Waals surface area contributed by atoms with Gasteiger partial charge in [-0.1, -0.05) is 48.5 Å². The molecule has 4 aromatic rings. The van der Waals surface area contributed by atoms with Crippen LogP contribution in [0.2, 0.25) is 0 Å². The molecule has 1 aromatic heterocycles. The van der Waals surface area contributed by atoms with Crippen molar-refractivity contribution in [3.8, 4) is 0 Å². The second kappa shape index (κ2) is 9.80. The quantitative estimate of drug-likeness (QED) is 0.240. The van der Waals surface area contributed by atoms with Crippen LogP contribution >= 0.6 is 11.6 Å². The van der Waals surface area contributed by atoms with E-state index in [1.165, 1.54) is 0 Å². The fourth-order valence-corrected chi connectivity index (χ4v) is 4.75. The number of hydrogen-bond donors (Lipinski definition) is 0. The van der Waals surface area contributed by atoms with Crippen molar-refractivity contribution < 1.29 is 19.4 Å². The molecule has 5 rings (SSSR count). The summed E-state index contributed by atoms with van der Waals surface area (Å²) >= 11 is 6.30. The van der Waals surface area contributed by atoms with E-state index in [0.29, 0.717) is 31.7 Å². The van der Waals surface area contributed by atoms with Gasteiger partial charge < -0.3 is 24.4 Å². The molecule has 8 heteroatoms. The summed E-state index contributed by atoms with van der Waals surface area (Å²) < 4.78 is 4.50. The molecular weight excluding hydrogens is 466 g/mol. The number of aromatic nitrogens is 1. The zero-order chi connectivity index (χ0) is 24.4. The number of amides is 1. The van der Waals surface area contributed by atoms with E-state index in [4.69, 9.17) is 16.6 Å². The van der Waals surface area contributed by atoms with Crippen molar-refractivity contribution >= 4 is 51.2 Å². The van der Waals surface area contributed by atoms with Crippen LogP contribution in [0.4, 0.5) is 10.5 Å². The van der Waals surface area contributed by atoms with Gasteiger partial charge in [-0.25, -0.2) is 4.98 Å². The fourth-order valence-electron chi connectivity index (χ4n) is 4.55. The average molecular weight is 489 g/mol. The average Bonchev–Trinajstić information content (AvgIpc) is 2.90. The Morgan fingerprint density at radius 1 is 0.914 bits per heavy atom. The minimum atomic E-state index is -1.60. The van der Waals surface area contributed by atoms with E-state index in [1.54, 1.807) is 0 Å². The number of carboxylic acid groups (broad SMARTS) is 1. The number of pyridine rings is 1. The van der Waals surface area contributed by atoms with Gasteiger partial charge in [0, 0.05) is 49.2 Å². The molecule has 1 fully saturated rings. The van der Waals surface area contributed by atoms with Crippen molar-refractivity contribution in [3.05, 3.63) is 83.9 Å². The second-order valence-electron chi connectivity index (χ2n) is 8.42. The van der Waals surface area contributed by atoms with Crippen LogP contribution in [0.5, 0.6) is 0 Å². The van der Waals surface area contributed by atoms with Crippen LogP contribution in [0.25, 0.3) is 21.8 Å². The first-order chi connectivity index (χ1) is 17.0. The number of hydrogen-bond acceptors (Lipinski definition) is 6. The molecule has 3 aromatic carbocycles. The number of benzene rings is 3. The summed E-state index contributed by atoms with van der Waals surface area (Å²) in [4.78, 5) is 33.1. The summed E-state index contributed by atoms with van der Waals surface area (Å²) in [6, 6.07) is 23.1. The number of anilines is 1. The second-order valence-corrected chi connectivity index (χ2v) is 8.95. The SMILES string of the molecule is O=C([O-])OCC(Cl)c1cccc(N2CCN(C(=O)c3c4ccccc4nc4ccccc34)CC2)c1. The molecule has 178 valence electrons. The third-order valence-electron chi connectivity index (χ3n) is 6.31. The summed E-state index contributed by atoms with van der Waals surface area (Å²) in [5.74, 6) is 0.00783. The Labute approximate surface area is 207 Å². The Hall–Kier alpha value is -3.84. The smallest absolute Gasteiger partial charge is 0.255 e. The molecule has 1 aliphatic heterocycles. The monoisotopic (exact) mass is 488 g/mol. The molecule has 35 heavy (non-hydrogen) atoms. The van der Waals surface area contributed by atoms with Crippen LogP contribution in [0.15, 0.2) is 72.8 Å². The van der Waals surface area contributed by atoms with Gasteiger partial charge in [0.2, 0.25) is 0 Å². The Balaban J connectivity index is 1.34. The Bertz CT molecular complexity index is 1350. The molecule has 0 aliphatic carbocycles. The van der Waals surface area contributed by atoms with Crippen LogP contribution in [0.1, 0.15) is 21.3 Å². The number of para-hydroxylation sites is 2. The molecule has 1 amide bonds. The molecule has 0 spiro atoms. The summed E-state index contributed by atoms with van der Waals surface area (Å²) in [6.07, 6.45) is -1.60. The maximum Gasteiger partial charge on any atom is 0.255 e. The highest BCUT2D eigenvalue weighted by Gasteiger charge is 2.26. The molecule has 1 aliphatic rings. The number of piperazine rings is 1. The summed E-state index contributed by atoms with van der Waals surface area (Å²) in [5.41, 5.74) is 4.04. The van der Waals surface area contributed by atoms with E-state index in [1.807, 2.05) is 77.7 Å². The molecule has 1 saturated heterocycles. The predicted molar refractivity (Wildman–Crippen MR) is 134 cm³/mol. The van der Waals surface area contributed by atoms with Crippen LogP contribution in [0.3, 0.4) is 0 Å². The maximum absolute atomic E-state index is 13.7. The molecule has 0 bridgehead atoms. The summed E-state index contributed by atoms with van der Waals surface area (Å²) in [7, 11) is 0. The zero-order valence-electron chi connectivity index (χ0n) is 18.9. The van der Waals surface area contributed by atoms with Gasteiger partial charge >= 0.3 is 0 Å². The van der Waals surface area contributed by atoms with E-state index in [-0.39, 0.29) is 12.5 Å². The van der Waals surface area contributed by atoms with E-state index in [0.717, 1.165) is 33.1 Å². The molecule has 0 saturated carbocycles. The van der Waals surface area contributed by atoms with Gasteiger partial charge in [0.25, 0.3) is 12.1 Å². The first kappa shape index (κ1) is 22.9. The molecule has 0 radical (unpaired) electrons. The minimum absolute atomic E-state index is 0.00783. The molecule has 7 nitrogen and oxygen atoms in total. The molecule has 0 N–H and O–H groups in total. The van der Waals surface area contributed by atoms with E-state index in [2.05, 4.69) is 9.64 Å².